The summed E-state index contributed by atoms with van der Waals surface area (Å²) < 4.78 is 40.7. The van der Waals surface area contributed by atoms with Crippen LogP contribution in [0.3, 0.4) is 0 Å². The maximum absolute atomic E-state index is 13.0. The highest BCUT2D eigenvalue weighted by Crippen LogP contribution is 2.33. The van der Waals surface area contributed by atoms with Gasteiger partial charge in [0.1, 0.15) is 0 Å². The Labute approximate surface area is 154 Å². The lowest BCUT2D eigenvalue weighted by Gasteiger charge is -2.33. The van der Waals surface area contributed by atoms with Crippen molar-refractivity contribution in [2.24, 2.45) is 5.92 Å². The molecular weight excluding hydrogens is 367 g/mol. The Morgan fingerprint density at radius 1 is 1.38 bits per heavy atom. The molecule has 0 N–H and O–H groups in total. The van der Waals surface area contributed by atoms with Gasteiger partial charge in [-0.3, -0.25) is 4.79 Å². The van der Waals surface area contributed by atoms with Crippen molar-refractivity contribution in [3.8, 4) is 5.69 Å². The normalized spacial score (nSPS) is 18.2. The van der Waals surface area contributed by atoms with Crippen molar-refractivity contribution in [1.29, 1.82) is 0 Å². The monoisotopic (exact) mass is 385 g/mol. The molecule has 2 aromatic rings. The number of hydrogen-bond donors (Lipinski definition) is 0. The van der Waals surface area contributed by atoms with E-state index < -0.39 is 18.0 Å². The fraction of sp³-hybridized carbons (Fsp3) is 0.444. The Morgan fingerprint density at radius 2 is 2.15 bits per heavy atom. The van der Waals surface area contributed by atoms with Crippen molar-refractivity contribution in [3.63, 3.8) is 0 Å². The van der Waals surface area contributed by atoms with Crippen molar-refractivity contribution in [2.75, 3.05) is 13.1 Å². The fourth-order valence-electron chi connectivity index (χ4n) is 3.32. The first-order valence-corrected chi connectivity index (χ1v) is 8.88. The van der Waals surface area contributed by atoms with Crippen molar-refractivity contribution in [2.45, 2.75) is 32.4 Å². The second-order valence-electron chi connectivity index (χ2n) is 6.38. The summed E-state index contributed by atoms with van der Waals surface area (Å²) in [5.74, 6) is -1.86. The SMILES string of the molecule is CCc1c(C(=O)N2CCCC(C(F)(F)F)C2)cnn1-c1cccc(Cl)c1. The van der Waals surface area contributed by atoms with E-state index in [1.54, 1.807) is 22.9 Å². The van der Waals surface area contributed by atoms with Crippen LogP contribution in [0.4, 0.5) is 13.2 Å². The minimum Gasteiger partial charge on any atom is -0.338 e. The van der Waals surface area contributed by atoms with Gasteiger partial charge < -0.3 is 4.90 Å². The predicted octanol–water partition coefficient (Wildman–Crippen LogP) is 4.50. The molecule has 1 saturated heterocycles. The minimum atomic E-state index is -4.28. The molecular formula is C18H19ClF3N3O. The average Bonchev–Trinajstić information content (AvgIpc) is 3.04. The lowest BCUT2D eigenvalue weighted by Crippen LogP contribution is -2.44. The predicted molar refractivity (Wildman–Crippen MR) is 92.6 cm³/mol. The van der Waals surface area contributed by atoms with E-state index in [2.05, 4.69) is 5.10 Å². The Morgan fingerprint density at radius 3 is 2.81 bits per heavy atom. The number of aromatic nitrogens is 2. The van der Waals surface area contributed by atoms with E-state index in [4.69, 9.17) is 11.6 Å². The van der Waals surface area contributed by atoms with Crippen LogP contribution in [-0.4, -0.2) is 39.9 Å². The van der Waals surface area contributed by atoms with E-state index in [1.165, 1.54) is 11.1 Å². The number of halogens is 4. The van der Waals surface area contributed by atoms with Gasteiger partial charge in [0.25, 0.3) is 5.91 Å². The average molecular weight is 386 g/mol. The van der Waals surface area contributed by atoms with E-state index in [-0.39, 0.29) is 13.0 Å². The van der Waals surface area contributed by atoms with Gasteiger partial charge in [0.15, 0.2) is 0 Å². The van der Waals surface area contributed by atoms with Crippen LogP contribution in [-0.2, 0) is 6.42 Å². The van der Waals surface area contributed by atoms with Gasteiger partial charge in [-0.2, -0.15) is 18.3 Å². The summed E-state index contributed by atoms with van der Waals surface area (Å²) in [5.41, 5.74) is 1.71. The maximum Gasteiger partial charge on any atom is 0.393 e. The van der Waals surface area contributed by atoms with Crippen molar-refractivity contribution < 1.29 is 18.0 Å². The number of piperidine rings is 1. The van der Waals surface area contributed by atoms with Crippen LogP contribution in [0.1, 0.15) is 35.8 Å². The zero-order valence-electron chi connectivity index (χ0n) is 14.3. The largest absolute Gasteiger partial charge is 0.393 e. The van der Waals surface area contributed by atoms with Gasteiger partial charge in [0.2, 0.25) is 0 Å². The zero-order chi connectivity index (χ0) is 18.9. The second-order valence-corrected chi connectivity index (χ2v) is 6.82. The third-order valence-corrected chi connectivity index (χ3v) is 4.89. The molecule has 1 unspecified atom stereocenters. The summed E-state index contributed by atoms with van der Waals surface area (Å²) in [4.78, 5) is 14.1. The van der Waals surface area contributed by atoms with Gasteiger partial charge in [-0.25, -0.2) is 4.68 Å². The summed E-state index contributed by atoms with van der Waals surface area (Å²) in [7, 11) is 0. The van der Waals surface area contributed by atoms with E-state index >= 15 is 0 Å². The molecule has 0 saturated carbocycles. The van der Waals surface area contributed by atoms with Crippen LogP contribution in [0.25, 0.3) is 5.69 Å². The van der Waals surface area contributed by atoms with Crippen LogP contribution >= 0.6 is 11.6 Å². The molecule has 0 spiro atoms. The van der Waals surface area contributed by atoms with Crippen molar-refractivity contribution >= 4 is 17.5 Å². The molecule has 0 radical (unpaired) electrons. The third-order valence-electron chi connectivity index (χ3n) is 4.66. The molecule has 1 aromatic heterocycles. The smallest absolute Gasteiger partial charge is 0.338 e. The Hall–Kier alpha value is -2.02. The summed E-state index contributed by atoms with van der Waals surface area (Å²) in [6.45, 7) is 1.91. The lowest BCUT2D eigenvalue weighted by molar-refractivity contribution is -0.184. The Balaban J connectivity index is 1.88. The van der Waals surface area contributed by atoms with Crippen molar-refractivity contribution in [3.05, 3.63) is 46.7 Å². The summed E-state index contributed by atoms with van der Waals surface area (Å²) in [6.07, 6.45) is -1.92. The number of nitrogens with zero attached hydrogens (tertiary/aromatic N) is 3. The number of rotatable bonds is 3. The first kappa shape index (κ1) is 18.8. The van der Waals surface area contributed by atoms with Gasteiger partial charge in [0.05, 0.1) is 29.1 Å². The molecule has 8 heteroatoms. The number of likely N-dealkylation sites (tertiary alicyclic amines) is 1. The quantitative estimate of drug-likeness (QED) is 0.780. The highest BCUT2D eigenvalue weighted by atomic mass is 35.5. The molecule has 0 bridgehead atoms. The molecule has 1 atom stereocenters. The molecule has 1 aliphatic rings. The van der Waals surface area contributed by atoms with Gasteiger partial charge in [-0.1, -0.05) is 24.6 Å². The van der Waals surface area contributed by atoms with Crippen LogP contribution in [0.15, 0.2) is 30.5 Å². The van der Waals surface area contributed by atoms with Gasteiger partial charge in [-0.05, 0) is 37.5 Å². The highest BCUT2D eigenvalue weighted by molar-refractivity contribution is 6.30. The van der Waals surface area contributed by atoms with Crippen molar-refractivity contribution in [1.82, 2.24) is 14.7 Å². The second kappa shape index (κ2) is 7.31. The number of amides is 1. The van der Waals surface area contributed by atoms with Gasteiger partial charge in [-0.15, -0.1) is 0 Å². The topological polar surface area (TPSA) is 38.1 Å². The molecule has 1 aliphatic heterocycles. The number of hydrogen-bond acceptors (Lipinski definition) is 2. The molecule has 1 aromatic carbocycles. The standard InChI is InChI=1S/C18H19ClF3N3O/c1-2-16-15(10-23-25(16)14-7-3-6-13(19)9-14)17(26)24-8-4-5-12(11-24)18(20,21)22/h3,6-7,9-10,12H,2,4-5,8,11H2,1H3. The summed E-state index contributed by atoms with van der Waals surface area (Å²) >= 11 is 6.02. The van der Waals surface area contributed by atoms with Crippen LogP contribution < -0.4 is 0 Å². The number of carbonyl (C=O) groups excluding carboxylic acids is 1. The summed E-state index contributed by atoms with van der Waals surface area (Å²) in [5, 5.41) is 4.81. The number of benzene rings is 1. The molecule has 1 fully saturated rings. The molecule has 4 nitrogen and oxygen atoms in total. The van der Waals surface area contributed by atoms with E-state index in [0.717, 1.165) is 0 Å². The molecule has 2 heterocycles. The third kappa shape index (κ3) is 3.72. The Bertz CT molecular complexity index is 803. The minimum absolute atomic E-state index is 0.0652. The molecule has 3 rings (SSSR count). The first-order chi connectivity index (χ1) is 12.3. The summed E-state index contributed by atoms with van der Waals surface area (Å²) in [6, 6.07) is 7.05. The molecule has 0 aliphatic carbocycles. The maximum atomic E-state index is 13.0. The lowest BCUT2D eigenvalue weighted by atomic mass is 9.97. The zero-order valence-corrected chi connectivity index (χ0v) is 15.0. The van der Waals surface area contributed by atoms with Gasteiger partial charge in [0, 0.05) is 18.1 Å². The fourth-order valence-corrected chi connectivity index (χ4v) is 3.51. The van der Waals surface area contributed by atoms with Crippen LogP contribution in [0.5, 0.6) is 0 Å². The molecule has 1 amide bonds. The van der Waals surface area contributed by atoms with E-state index in [9.17, 15) is 18.0 Å². The first-order valence-electron chi connectivity index (χ1n) is 8.50. The molecule has 140 valence electrons. The van der Waals surface area contributed by atoms with Crippen LogP contribution in [0, 0.1) is 5.92 Å². The van der Waals surface area contributed by atoms with Crippen LogP contribution in [0.2, 0.25) is 5.02 Å². The van der Waals surface area contributed by atoms with Gasteiger partial charge >= 0.3 is 6.18 Å². The van der Waals surface area contributed by atoms with E-state index in [0.29, 0.717) is 41.4 Å². The highest BCUT2D eigenvalue weighted by Gasteiger charge is 2.43. The number of alkyl halides is 3. The Kier molecular flexibility index (Phi) is 5.27. The molecule has 26 heavy (non-hydrogen) atoms. The number of carbonyl (C=O) groups is 1. The van der Waals surface area contributed by atoms with E-state index in [1.807, 2.05) is 13.0 Å².